The molecular formula is C14H19NO2. The van der Waals surface area contributed by atoms with Gasteiger partial charge in [-0.3, -0.25) is 0 Å². The second-order valence-electron chi connectivity index (χ2n) is 5.63. The van der Waals surface area contributed by atoms with Crippen molar-refractivity contribution in [1.29, 1.82) is 0 Å². The number of hydrogen-bond donors (Lipinski definition) is 1. The minimum Gasteiger partial charge on any atom is -0.486 e. The molecular weight excluding hydrogens is 214 g/mol. The van der Waals surface area contributed by atoms with E-state index in [0.717, 1.165) is 24.3 Å². The SMILES string of the molecule is CC(C)(N)C1(c2cccc3c2OCCO3)CC1. The largest absolute Gasteiger partial charge is 0.486 e. The molecule has 1 heterocycles. The van der Waals surface area contributed by atoms with Crippen LogP contribution in [0.1, 0.15) is 32.3 Å². The van der Waals surface area contributed by atoms with Crippen LogP contribution in [0.5, 0.6) is 11.5 Å². The van der Waals surface area contributed by atoms with Crippen molar-refractivity contribution in [1.82, 2.24) is 0 Å². The molecule has 0 aromatic heterocycles. The van der Waals surface area contributed by atoms with E-state index in [9.17, 15) is 0 Å². The lowest BCUT2D eigenvalue weighted by atomic mass is 9.78. The maximum atomic E-state index is 6.34. The molecule has 0 spiro atoms. The number of fused-ring (bicyclic) bond motifs is 1. The van der Waals surface area contributed by atoms with E-state index >= 15 is 0 Å². The number of hydrogen-bond acceptors (Lipinski definition) is 3. The first-order chi connectivity index (χ1) is 8.05. The molecule has 1 saturated carbocycles. The van der Waals surface area contributed by atoms with E-state index < -0.39 is 0 Å². The van der Waals surface area contributed by atoms with Gasteiger partial charge >= 0.3 is 0 Å². The molecule has 1 aromatic rings. The Morgan fingerprint density at radius 1 is 1.18 bits per heavy atom. The third-order valence-electron chi connectivity index (χ3n) is 4.07. The van der Waals surface area contributed by atoms with Gasteiger partial charge in [-0.1, -0.05) is 12.1 Å². The van der Waals surface area contributed by atoms with Gasteiger partial charge in [0.25, 0.3) is 0 Å². The lowest BCUT2D eigenvalue weighted by Gasteiger charge is -2.33. The molecule has 2 N–H and O–H groups in total. The summed E-state index contributed by atoms with van der Waals surface area (Å²) in [6.07, 6.45) is 2.27. The highest BCUT2D eigenvalue weighted by atomic mass is 16.6. The number of para-hydroxylation sites is 1. The van der Waals surface area contributed by atoms with Gasteiger partial charge in [0.05, 0.1) is 0 Å². The maximum absolute atomic E-state index is 6.34. The molecule has 1 aliphatic heterocycles. The Morgan fingerprint density at radius 2 is 1.88 bits per heavy atom. The van der Waals surface area contributed by atoms with E-state index in [-0.39, 0.29) is 11.0 Å². The van der Waals surface area contributed by atoms with Gasteiger partial charge < -0.3 is 15.2 Å². The molecule has 3 heteroatoms. The van der Waals surface area contributed by atoms with Crippen molar-refractivity contribution in [3.05, 3.63) is 23.8 Å². The Hall–Kier alpha value is -1.22. The molecule has 1 fully saturated rings. The zero-order chi connectivity index (χ0) is 12.1. The predicted molar refractivity (Wildman–Crippen MR) is 66.6 cm³/mol. The smallest absolute Gasteiger partial charge is 0.165 e. The van der Waals surface area contributed by atoms with Crippen LogP contribution in [0.3, 0.4) is 0 Å². The molecule has 3 nitrogen and oxygen atoms in total. The molecule has 1 aromatic carbocycles. The average molecular weight is 233 g/mol. The first-order valence-electron chi connectivity index (χ1n) is 6.23. The van der Waals surface area contributed by atoms with Crippen LogP contribution in [0.2, 0.25) is 0 Å². The lowest BCUT2D eigenvalue weighted by Crippen LogP contribution is -2.45. The number of benzene rings is 1. The highest BCUT2D eigenvalue weighted by molar-refractivity contribution is 5.54. The van der Waals surface area contributed by atoms with Crippen LogP contribution in [0.4, 0.5) is 0 Å². The highest BCUT2D eigenvalue weighted by Crippen LogP contribution is 2.58. The fraction of sp³-hybridized carbons (Fsp3) is 0.571. The Kier molecular flexibility index (Phi) is 2.17. The summed E-state index contributed by atoms with van der Waals surface area (Å²) in [6, 6.07) is 6.14. The molecule has 1 aliphatic carbocycles. The van der Waals surface area contributed by atoms with Crippen LogP contribution < -0.4 is 15.2 Å². The Balaban J connectivity index is 2.10. The van der Waals surface area contributed by atoms with Crippen molar-refractivity contribution in [3.8, 4) is 11.5 Å². The van der Waals surface area contributed by atoms with Gasteiger partial charge in [0.1, 0.15) is 13.2 Å². The standard InChI is InChI=1S/C14H19NO2/c1-13(2,15)14(6-7-14)10-4-3-5-11-12(10)17-9-8-16-11/h3-5H,6-9,15H2,1-2H3. The fourth-order valence-corrected chi connectivity index (χ4v) is 2.84. The third-order valence-corrected chi connectivity index (χ3v) is 4.07. The van der Waals surface area contributed by atoms with Gasteiger partial charge in [0, 0.05) is 16.5 Å². The third kappa shape index (κ3) is 1.53. The van der Waals surface area contributed by atoms with Gasteiger partial charge in [-0.05, 0) is 32.8 Å². The molecule has 2 aliphatic rings. The summed E-state index contributed by atoms with van der Waals surface area (Å²) in [6.45, 7) is 5.46. The zero-order valence-electron chi connectivity index (χ0n) is 10.5. The monoisotopic (exact) mass is 233 g/mol. The van der Waals surface area contributed by atoms with Crippen LogP contribution in [-0.2, 0) is 5.41 Å². The number of nitrogens with two attached hydrogens (primary N) is 1. The summed E-state index contributed by atoms with van der Waals surface area (Å²) in [5.41, 5.74) is 7.42. The van der Waals surface area contributed by atoms with E-state index in [4.69, 9.17) is 15.2 Å². The Bertz CT molecular complexity index is 444. The van der Waals surface area contributed by atoms with E-state index in [2.05, 4.69) is 19.9 Å². The highest BCUT2D eigenvalue weighted by Gasteiger charge is 2.55. The van der Waals surface area contributed by atoms with Gasteiger partial charge in [-0.15, -0.1) is 0 Å². The quantitative estimate of drug-likeness (QED) is 0.852. The first kappa shape index (κ1) is 10.9. The minimum absolute atomic E-state index is 0.0685. The lowest BCUT2D eigenvalue weighted by molar-refractivity contribution is 0.167. The summed E-state index contributed by atoms with van der Waals surface area (Å²) in [7, 11) is 0. The van der Waals surface area contributed by atoms with Crippen molar-refractivity contribution in [2.45, 2.75) is 37.6 Å². The topological polar surface area (TPSA) is 44.5 Å². The van der Waals surface area contributed by atoms with Crippen molar-refractivity contribution >= 4 is 0 Å². The summed E-state index contributed by atoms with van der Waals surface area (Å²) in [5, 5.41) is 0. The molecule has 92 valence electrons. The molecule has 0 atom stereocenters. The fourth-order valence-electron chi connectivity index (χ4n) is 2.84. The maximum Gasteiger partial charge on any atom is 0.165 e. The van der Waals surface area contributed by atoms with Crippen molar-refractivity contribution < 1.29 is 9.47 Å². The molecule has 0 radical (unpaired) electrons. The van der Waals surface area contributed by atoms with E-state index in [1.807, 2.05) is 12.1 Å². The average Bonchev–Trinajstić information content (AvgIpc) is 3.08. The molecule has 3 rings (SSSR count). The Morgan fingerprint density at radius 3 is 2.53 bits per heavy atom. The molecule has 0 saturated heterocycles. The van der Waals surface area contributed by atoms with Gasteiger partial charge in [-0.25, -0.2) is 0 Å². The van der Waals surface area contributed by atoms with Crippen LogP contribution in [0.15, 0.2) is 18.2 Å². The van der Waals surface area contributed by atoms with Crippen molar-refractivity contribution in [2.75, 3.05) is 13.2 Å². The van der Waals surface area contributed by atoms with E-state index in [1.165, 1.54) is 5.56 Å². The predicted octanol–water partition coefficient (Wildman–Crippen LogP) is 2.23. The van der Waals surface area contributed by atoms with Crippen molar-refractivity contribution in [3.63, 3.8) is 0 Å². The normalized spacial score (nSPS) is 21.1. The van der Waals surface area contributed by atoms with Crippen LogP contribution in [0.25, 0.3) is 0 Å². The number of rotatable bonds is 2. The second kappa shape index (κ2) is 3.39. The zero-order valence-corrected chi connectivity index (χ0v) is 10.5. The van der Waals surface area contributed by atoms with E-state index in [0.29, 0.717) is 13.2 Å². The van der Waals surface area contributed by atoms with Gasteiger partial charge in [-0.2, -0.15) is 0 Å². The molecule has 17 heavy (non-hydrogen) atoms. The minimum atomic E-state index is -0.219. The van der Waals surface area contributed by atoms with Gasteiger partial charge in [0.15, 0.2) is 11.5 Å². The van der Waals surface area contributed by atoms with Crippen LogP contribution in [0, 0.1) is 0 Å². The molecule has 0 bridgehead atoms. The summed E-state index contributed by atoms with van der Waals surface area (Å²) in [5.74, 6) is 1.78. The van der Waals surface area contributed by atoms with Crippen molar-refractivity contribution in [2.24, 2.45) is 5.73 Å². The second-order valence-corrected chi connectivity index (χ2v) is 5.63. The summed E-state index contributed by atoms with van der Waals surface area (Å²) in [4.78, 5) is 0. The summed E-state index contributed by atoms with van der Waals surface area (Å²) < 4.78 is 11.4. The van der Waals surface area contributed by atoms with E-state index in [1.54, 1.807) is 0 Å². The van der Waals surface area contributed by atoms with Gasteiger partial charge in [0.2, 0.25) is 0 Å². The van der Waals surface area contributed by atoms with Crippen LogP contribution in [-0.4, -0.2) is 18.8 Å². The van der Waals surface area contributed by atoms with Crippen LogP contribution >= 0.6 is 0 Å². The molecule has 0 unspecified atom stereocenters. The number of ether oxygens (including phenoxy) is 2. The molecule has 0 amide bonds. The Labute approximate surface area is 102 Å². The summed E-state index contributed by atoms with van der Waals surface area (Å²) >= 11 is 0. The first-order valence-corrected chi connectivity index (χ1v) is 6.23.